The van der Waals surface area contributed by atoms with Gasteiger partial charge >= 0.3 is 0 Å². The summed E-state index contributed by atoms with van der Waals surface area (Å²) >= 11 is 0. The van der Waals surface area contributed by atoms with Crippen LogP contribution < -0.4 is 5.73 Å². The number of benzene rings is 2. The number of nitrogens with two attached hydrogens (primary N) is 1. The van der Waals surface area contributed by atoms with Crippen LogP contribution in [0.4, 0.5) is 10.1 Å². The van der Waals surface area contributed by atoms with E-state index in [4.69, 9.17) is 5.73 Å². The van der Waals surface area contributed by atoms with E-state index >= 15 is 0 Å². The Kier molecular flexibility index (Phi) is 2.33. The predicted octanol–water partition coefficient (Wildman–Crippen LogP) is 3.57. The molecule has 0 aliphatic rings. The Balaban J connectivity index is 2.28. The Morgan fingerprint density at radius 1 is 1.06 bits per heavy atom. The summed E-state index contributed by atoms with van der Waals surface area (Å²) in [6.45, 7) is 0. The molecule has 0 aliphatic carbocycles. The number of nitrogen functional groups attached to an aromatic ring is 1. The Hall–Kier alpha value is -2.29. The highest BCUT2D eigenvalue weighted by atomic mass is 19.1. The molecule has 0 spiro atoms. The second kappa shape index (κ2) is 3.88. The topological polar surface area (TPSA) is 30.9 Å². The molecule has 0 saturated carbocycles. The molecule has 0 unspecified atom stereocenters. The molecule has 0 saturated heterocycles. The molecule has 0 amide bonds. The number of aromatic nitrogens is 1. The van der Waals surface area contributed by atoms with Gasteiger partial charge in [0.1, 0.15) is 5.82 Å². The molecule has 0 aliphatic heterocycles. The number of nitrogens with zero attached hydrogens (tertiary/aromatic N) is 1. The minimum Gasteiger partial charge on any atom is -0.398 e. The summed E-state index contributed by atoms with van der Waals surface area (Å²) in [5.41, 5.74) is 9.34. The molecule has 1 aromatic heterocycles. The average molecular weight is 240 g/mol. The van der Waals surface area contributed by atoms with Crippen molar-refractivity contribution in [1.29, 1.82) is 0 Å². The molecule has 3 rings (SSSR count). The lowest BCUT2D eigenvalue weighted by atomic mass is 10.1. The summed E-state index contributed by atoms with van der Waals surface area (Å²) < 4.78 is 15.1. The lowest BCUT2D eigenvalue weighted by Gasteiger charge is -2.07. The minimum absolute atomic E-state index is 0.310. The van der Waals surface area contributed by atoms with Crippen LogP contribution in [0.2, 0.25) is 0 Å². The van der Waals surface area contributed by atoms with Crippen LogP contribution in [-0.2, 0) is 7.05 Å². The van der Waals surface area contributed by atoms with Crippen LogP contribution in [0.1, 0.15) is 0 Å². The number of anilines is 1. The highest BCUT2D eigenvalue weighted by Crippen LogP contribution is 2.31. The van der Waals surface area contributed by atoms with Gasteiger partial charge in [0, 0.05) is 29.2 Å². The van der Waals surface area contributed by atoms with Crippen molar-refractivity contribution in [2.75, 3.05) is 5.73 Å². The molecule has 2 N–H and O–H groups in total. The van der Waals surface area contributed by atoms with Gasteiger partial charge in [-0.15, -0.1) is 0 Å². The fourth-order valence-corrected chi connectivity index (χ4v) is 2.31. The van der Waals surface area contributed by atoms with Crippen LogP contribution in [0, 0.1) is 5.82 Å². The maximum atomic E-state index is 13.1. The molecule has 0 fully saturated rings. The molecule has 0 bridgehead atoms. The summed E-state index contributed by atoms with van der Waals surface area (Å²) in [5, 5.41) is 1.15. The molecular formula is C15H13FN2. The van der Waals surface area contributed by atoms with Gasteiger partial charge in [0.2, 0.25) is 0 Å². The summed E-state index contributed by atoms with van der Waals surface area (Å²) in [5.74, 6) is -0.310. The first-order chi connectivity index (χ1) is 8.66. The van der Waals surface area contributed by atoms with Gasteiger partial charge in [0.05, 0.1) is 5.69 Å². The Morgan fingerprint density at radius 2 is 1.83 bits per heavy atom. The van der Waals surface area contributed by atoms with Crippen molar-refractivity contribution in [3.05, 3.63) is 54.3 Å². The van der Waals surface area contributed by atoms with Crippen molar-refractivity contribution in [3.8, 4) is 11.3 Å². The zero-order valence-corrected chi connectivity index (χ0v) is 10.0. The third kappa shape index (κ3) is 1.56. The largest absolute Gasteiger partial charge is 0.398 e. The highest BCUT2D eigenvalue weighted by molar-refractivity contribution is 5.89. The van der Waals surface area contributed by atoms with Crippen molar-refractivity contribution < 1.29 is 4.39 Å². The first kappa shape index (κ1) is 10.8. The third-order valence-electron chi connectivity index (χ3n) is 3.24. The minimum atomic E-state index is -0.310. The van der Waals surface area contributed by atoms with Gasteiger partial charge in [0.25, 0.3) is 0 Å². The van der Waals surface area contributed by atoms with Crippen LogP contribution in [0.15, 0.2) is 48.5 Å². The number of para-hydroxylation sites is 1. The molecule has 18 heavy (non-hydrogen) atoms. The van der Waals surface area contributed by atoms with Crippen LogP contribution in [-0.4, -0.2) is 4.57 Å². The Bertz CT molecular complexity index is 728. The lowest BCUT2D eigenvalue weighted by molar-refractivity contribution is 0.628. The number of halogens is 1. The van der Waals surface area contributed by atoms with E-state index in [0.717, 1.165) is 22.2 Å². The van der Waals surface area contributed by atoms with E-state index in [0.29, 0.717) is 5.69 Å². The number of fused-ring (bicyclic) bond motifs is 1. The molecule has 0 atom stereocenters. The molecule has 2 aromatic carbocycles. The Morgan fingerprint density at radius 3 is 2.56 bits per heavy atom. The lowest BCUT2D eigenvalue weighted by Crippen LogP contribution is -1.96. The van der Waals surface area contributed by atoms with Crippen LogP contribution in [0.5, 0.6) is 0 Å². The van der Waals surface area contributed by atoms with Crippen molar-refractivity contribution in [3.63, 3.8) is 0 Å². The SMILES string of the molecule is Cn1c(-c2ccc(F)cc2N)cc2ccccc21. The van der Waals surface area contributed by atoms with Gasteiger partial charge in [-0.05, 0) is 30.3 Å². The van der Waals surface area contributed by atoms with Crippen LogP contribution in [0.3, 0.4) is 0 Å². The first-order valence-electron chi connectivity index (χ1n) is 5.76. The monoisotopic (exact) mass is 240 g/mol. The summed E-state index contributed by atoms with van der Waals surface area (Å²) in [6, 6.07) is 14.7. The molecular weight excluding hydrogens is 227 g/mol. The second-order valence-electron chi connectivity index (χ2n) is 4.38. The molecule has 1 heterocycles. The van der Waals surface area contributed by atoms with Gasteiger partial charge in [-0.1, -0.05) is 18.2 Å². The quantitative estimate of drug-likeness (QED) is 0.648. The van der Waals surface area contributed by atoms with Gasteiger partial charge in [0.15, 0.2) is 0 Å². The van der Waals surface area contributed by atoms with Crippen molar-refractivity contribution >= 4 is 16.6 Å². The molecule has 2 nitrogen and oxygen atoms in total. The molecule has 0 radical (unpaired) electrons. The number of rotatable bonds is 1. The molecule has 3 aromatic rings. The Labute approximate surface area is 104 Å². The number of hydrogen-bond donors (Lipinski definition) is 1. The zero-order chi connectivity index (χ0) is 12.7. The van der Waals surface area contributed by atoms with Crippen molar-refractivity contribution in [2.45, 2.75) is 0 Å². The average Bonchev–Trinajstić information content (AvgIpc) is 2.68. The first-order valence-corrected chi connectivity index (χ1v) is 5.76. The van der Waals surface area contributed by atoms with Crippen LogP contribution in [0.25, 0.3) is 22.2 Å². The van der Waals surface area contributed by atoms with Crippen molar-refractivity contribution in [1.82, 2.24) is 4.57 Å². The standard InChI is InChI=1S/C15H13FN2/c1-18-14-5-3-2-4-10(14)8-15(18)12-7-6-11(16)9-13(12)17/h2-9H,17H2,1H3. The predicted molar refractivity (Wildman–Crippen MR) is 72.7 cm³/mol. The summed E-state index contributed by atoms with van der Waals surface area (Å²) in [6.07, 6.45) is 0. The van der Waals surface area contributed by atoms with E-state index in [1.807, 2.05) is 19.2 Å². The van der Waals surface area contributed by atoms with E-state index in [-0.39, 0.29) is 5.82 Å². The molecule has 90 valence electrons. The second-order valence-corrected chi connectivity index (χ2v) is 4.38. The van der Waals surface area contributed by atoms with Gasteiger partial charge in [-0.3, -0.25) is 0 Å². The summed E-state index contributed by atoms with van der Waals surface area (Å²) in [4.78, 5) is 0. The fraction of sp³-hybridized carbons (Fsp3) is 0.0667. The van der Waals surface area contributed by atoms with Crippen LogP contribution >= 0.6 is 0 Å². The number of aryl methyl sites for hydroxylation is 1. The highest BCUT2D eigenvalue weighted by Gasteiger charge is 2.10. The van der Waals surface area contributed by atoms with E-state index in [1.165, 1.54) is 12.1 Å². The zero-order valence-electron chi connectivity index (χ0n) is 10.0. The number of hydrogen-bond acceptors (Lipinski definition) is 1. The van der Waals surface area contributed by atoms with Crippen molar-refractivity contribution in [2.24, 2.45) is 7.05 Å². The maximum absolute atomic E-state index is 13.1. The molecule has 3 heteroatoms. The van der Waals surface area contributed by atoms with E-state index < -0.39 is 0 Å². The van der Waals surface area contributed by atoms with E-state index in [9.17, 15) is 4.39 Å². The van der Waals surface area contributed by atoms with Gasteiger partial charge < -0.3 is 10.3 Å². The van der Waals surface area contributed by atoms with E-state index in [2.05, 4.69) is 22.8 Å². The van der Waals surface area contributed by atoms with Gasteiger partial charge in [-0.25, -0.2) is 4.39 Å². The smallest absolute Gasteiger partial charge is 0.125 e. The van der Waals surface area contributed by atoms with E-state index in [1.54, 1.807) is 6.07 Å². The maximum Gasteiger partial charge on any atom is 0.125 e. The van der Waals surface area contributed by atoms with Gasteiger partial charge in [-0.2, -0.15) is 0 Å². The normalized spacial score (nSPS) is 11.0. The fourth-order valence-electron chi connectivity index (χ4n) is 2.31. The third-order valence-corrected chi connectivity index (χ3v) is 3.24. The summed E-state index contributed by atoms with van der Waals surface area (Å²) in [7, 11) is 1.99.